The summed E-state index contributed by atoms with van der Waals surface area (Å²) in [6.45, 7) is 1.47. The Hall–Kier alpha value is -1.10. The standard InChI is InChI=1S/C13H20NO5P/c1-10-7-12(11-5-3-2-4-6-11)14(13(15)8-10)18-9-19-20(16)17/h7-8,11,20H,2-6,9H2,1H3,(H,16,17). The van der Waals surface area contributed by atoms with Crippen molar-refractivity contribution in [2.75, 3.05) is 6.79 Å². The molecule has 0 spiro atoms. The fourth-order valence-electron chi connectivity index (χ4n) is 2.66. The van der Waals surface area contributed by atoms with E-state index in [9.17, 15) is 9.36 Å². The van der Waals surface area contributed by atoms with Crippen LogP contribution in [0.5, 0.6) is 0 Å². The molecule has 0 amide bonds. The summed E-state index contributed by atoms with van der Waals surface area (Å²) in [6, 6.07) is 3.42. The monoisotopic (exact) mass is 301 g/mol. The molecule has 1 aromatic rings. The van der Waals surface area contributed by atoms with Crippen molar-refractivity contribution in [2.45, 2.75) is 44.9 Å². The van der Waals surface area contributed by atoms with Gasteiger partial charge in [0.25, 0.3) is 5.56 Å². The van der Waals surface area contributed by atoms with E-state index in [2.05, 4.69) is 4.52 Å². The molecule has 1 atom stereocenters. The van der Waals surface area contributed by atoms with Crippen LogP contribution in [0.2, 0.25) is 0 Å². The van der Waals surface area contributed by atoms with Crippen LogP contribution in [-0.2, 0) is 9.09 Å². The van der Waals surface area contributed by atoms with Gasteiger partial charge in [-0.3, -0.25) is 13.9 Å². The van der Waals surface area contributed by atoms with Crippen molar-refractivity contribution < 1.29 is 18.8 Å². The minimum Gasteiger partial charge on any atom is -0.381 e. The molecule has 0 aromatic carbocycles. The van der Waals surface area contributed by atoms with Gasteiger partial charge in [0.2, 0.25) is 6.79 Å². The fourth-order valence-corrected chi connectivity index (χ4v) is 2.82. The van der Waals surface area contributed by atoms with Crippen LogP contribution in [-0.4, -0.2) is 16.4 Å². The lowest BCUT2D eigenvalue weighted by molar-refractivity contribution is -0.00779. The van der Waals surface area contributed by atoms with E-state index in [0.29, 0.717) is 5.92 Å². The summed E-state index contributed by atoms with van der Waals surface area (Å²) in [5.74, 6) is 0.294. The van der Waals surface area contributed by atoms with Gasteiger partial charge in [-0.15, -0.1) is 4.73 Å². The number of pyridine rings is 1. The summed E-state index contributed by atoms with van der Waals surface area (Å²) in [5, 5.41) is 0. The molecule has 1 N–H and O–H groups in total. The zero-order valence-electron chi connectivity index (χ0n) is 11.5. The molecule has 20 heavy (non-hydrogen) atoms. The van der Waals surface area contributed by atoms with E-state index in [-0.39, 0.29) is 5.56 Å². The summed E-state index contributed by atoms with van der Waals surface area (Å²) in [7, 11) is -3.05. The predicted molar refractivity (Wildman–Crippen MR) is 75.0 cm³/mol. The van der Waals surface area contributed by atoms with Gasteiger partial charge in [0.05, 0.1) is 5.69 Å². The molecule has 2 rings (SSSR count). The third-order valence-electron chi connectivity index (χ3n) is 3.55. The molecular weight excluding hydrogens is 281 g/mol. The van der Waals surface area contributed by atoms with E-state index in [1.165, 1.54) is 17.2 Å². The van der Waals surface area contributed by atoms with Crippen molar-refractivity contribution in [3.8, 4) is 0 Å². The predicted octanol–water partition coefficient (Wildman–Crippen LogP) is 1.99. The number of hydrogen-bond acceptors (Lipinski definition) is 4. The molecule has 1 aliphatic carbocycles. The Bertz CT molecular complexity index is 536. The van der Waals surface area contributed by atoms with E-state index < -0.39 is 15.0 Å². The highest BCUT2D eigenvalue weighted by atomic mass is 31.1. The Morgan fingerprint density at radius 3 is 2.70 bits per heavy atom. The Labute approximate surface area is 118 Å². The first-order valence-corrected chi connectivity index (χ1v) is 8.07. The molecule has 0 saturated heterocycles. The summed E-state index contributed by atoms with van der Waals surface area (Å²) in [4.78, 5) is 25.9. The van der Waals surface area contributed by atoms with Crippen LogP contribution >= 0.6 is 8.25 Å². The van der Waals surface area contributed by atoms with Gasteiger partial charge in [0.1, 0.15) is 0 Å². The summed E-state index contributed by atoms with van der Waals surface area (Å²) in [5.41, 5.74) is 1.45. The molecule has 1 unspecified atom stereocenters. The lowest BCUT2D eigenvalue weighted by atomic mass is 9.86. The largest absolute Gasteiger partial charge is 0.381 e. The van der Waals surface area contributed by atoms with E-state index in [0.717, 1.165) is 36.9 Å². The Morgan fingerprint density at radius 2 is 2.05 bits per heavy atom. The molecule has 0 radical (unpaired) electrons. The first-order chi connectivity index (χ1) is 9.58. The topological polar surface area (TPSA) is 77.8 Å². The van der Waals surface area contributed by atoms with Crippen LogP contribution in [0.15, 0.2) is 16.9 Å². The zero-order valence-corrected chi connectivity index (χ0v) is 12.5. The first-order valence-electron chi connectivity index (χ1n) is 6.80. The summed E-state index contributed by atoms with van der Waals surface area (Å²) in [6.07, 6.45) is 5.58. The molecule has 0 aliphatic heterocycles. The van der Waals surface area contributed by atoms with Crippen molar-refractivity contribution in [1.82, 2.24) is 4.73 Å². The number of aromatic nitrogens is 1. The number of nitrogens with zero attached hydrogens (tertiary/aromatic N) is 1. The maximum atomic E-state index is 12.0. The van der Waals surface area contributed by atoms with Gasteiger partial charge >= 0.3 is 8.25 Å². The molecule has 1 fully saturated rings. The second-order valence-corrected chi connectivity index (χ2v) is 5.90. The van der Waals surface area contributed by atoms with Crippen molar-refractivity contribution in [2.24, 2.45) is 0 Å². The van der Waals surface area contributed by atoms with Gasteiger partial charge in [-0.25, -0.2) is 0 Å². The lowest BCUT2D eigenvalue weighted by Gasteiger charge is -2.24. The average Bonchev–Trinajstić information content (AvgIpc) is 2.41. The highest BCUT2D eigenvalue weighted by molar-refractivity contribution is 7.32. The molecule has 7 heteroatoms. The minimum absolute atomic E-state index is 0.271. The van der Waals surface area contributed by atoms with Crippen molar-refractivity contribution >= 4 is 8.25 Å². The highest BCUT2D eigenvalue weighted by Crippen LogP contribution is 2.32. The van der Waals surface area contributed by atoms with Gasteiger partial charge in [-0.2, -0.15) is 0 Å². The second kappa shape index (κ2) is 7.07. The summed E-state index contributed by atoms with van der Waals surface area (Å²) < 4.78 is 16.2. The van der Waals surface area contributed by atoms with E-state index in [1.54, 1.807) is 0 Å². The Kier molecular flexibility index (Phi) is 5.40. The van der Waals surface area contributed by atoms with Crippen LogP contribution in [0.4, 0.5) is 0 Å². The van der Waals surface area contributed by atoms with Crippen LogP contribution < -0.4 is 10.4 Å². The molecule has 1 aromatic heterocycles. The maximum absolute atomic E-state index is 12.0. The molecule has 1 heterocycles. The molecular formula is C13H20NO5P. The van der Waals surface area contributed by atoms with Gasteiger partial charge < -0.3 is 9.73 Å². The van der Waals surface area contributed by atoms with Gasteiger partial charge in [0.15, 0.2) is 0 Å². The SMILES string of the molecule is Cc1cc(C2CCCCC2)n(OCO[PH](=O)O)c(=O)c1. The maximum Gasteiger partial charge on any atom is 0.319 e. The van der Waals surface area contributed by atoms with Crippen LogP contribution in [0, 0.1) is 6.92 Å². The van der Waals surface area contributed by atoms with E-state index >= 15 is 0 Å². The third kappa shape index (κ3) is 3.95. The molecule has 0 bridgehead atoms. The zero-order chi connectivity index (χ0) is 14.5. The fraction of sp³-hybridized carbons (Fsp3) is 0.615. The average molecular weight is 301 g/mol. The lowest BCUT2D eigenvalue weighted by Crippen LogP contribution is -2.32. The normalized spacial score (nSPS) is 17.9. The molecule has 1 aliphatic rings. The second-order valence-electron chi connectivity index (χ2n) is 5.08. The Morgan fingerprint density at radius 1 is 1.35 bits per heavy atom. The quantitative estimate of drug-likeness (QED) is 0.664. The molecule has 112 valence electrons. The Balaban J connectivity index is 2.23. The van der Waals surface area contributed by atoms with Gasteiger partial charge in [-0.05, 0) is 31.4 Å². The van der Waals surface area contributed by atoms with Gasteiger partial charge in [0, 0.05) is 12.0 Å². The number of rotatable bonds is 5. The van der Waals surface area contributed by atoms with E-state index in [4.69, 9.17) is 9.73 Å². The van der Waals surface area contributed by atoms with E-state index in [1.807, 2.05) is 13.0 Å². The van der Waals surface area contributed by atoms with Gasteiger partial charge in [-0.1, -0.05) is 19.3 Å². The minimum atomic E-state index is -3.05. The van der Waals surface area contributed by atoms with Crippen molar-refractivity contribution in [1.29, 1.82) is 0 Å². The number of aryl methyl sites for hydroxylation is 1. The van der Waals surface area contributed by atoms with Crippen LogP contribution in [0.1, 0.15) is 49.3 Å². The summed E-state index contributed by atoms with van der Waals surface area (Å²) >= 11 is 0. The third-order valence-corrected chi connectivity index (χ3v) is 3.91. The molecule has 1 saturated carbocycles. The first kappa shape index (κ1) is 15.3. The van der Waals surface area contributed by atoms with Crippen molar-refractivity contribution in [3.63, 3.8) is 0 Å². The molecule has 6 nitrogen and oxygen atoms in total. The van der Waals surface area contributed by atoms with Crippen LogP contribution in [0.3, 0.4) is 0 Å². The number of hydrogen-bond donors (Lipinski definition) is 1. The van der Waals surface area contributed by atoms with Crippen LogP contribution in [0.25, 0.3) is 0 Å². The van der Waals surface area contributed by atoms with Crippen molar-refractivity contribution in [3.05, 3.63) is 33.7 Å². The highest BCUT2D eigenvalue weighted by Gasteiger charge is 2.20. The smallest absolute Gasteiger partial charge is 0.319 e.